The van der Waals surface area contributed by atoms with Crippen molar-refractivity contribution in [1.82, 2.24) is 15.2 Å². The van der Waals surface area contributed by atoms with Crippen molar-refractivity contribution in [2.75, 3.05) is 17.2 Å². The Kier molecular flexibility index (Phi) is 5.33. The summed E-state index contributed by atoms with van der Waals surface area (Å²) < 4.78 is 0. The Morgan fingerprint density at radius 1 is 1.30 bits per heavy atom. The van der Waals surface area contributed by atoms with Crippen molar-refractivity contribution in [2.45, 2.75) is 69.7 Å². The molecule has 2 aliphatic carbocycles. The highest BCUT2D eigenvalue weighted by atomic mass is 16.2. The molecule has 2 aliphatic heterocycles. The van der Waals surface area contributed by atoms with Gasteiger partial charge in [-0.3, -0.25) is 14.5 Å². The number of nitrogens with one attached hydrogen (secondary N) is 3. The molecule has 0 aromatic carbocycles. The van der Waals surface area contributed by atoms with E-state index in [4.69, 9.17) is 0 Å². The number of rotatable bonds is 5. The van der Waals surface area contributed by atoms with Crippen LogP contribution in [0.5, 0.6) is 0 Å². The Bertz CT molecular complexity index is 1070. The topological polar surface area (TPSA) is 86.4 Å². The van der Waals surface area contributed by atoms with Crippen LogP contribution in [0, 0.1) is 5.92 Å². The smallest absolute Gasteiger partial charge is 0.270 e. The minimum Gasteiger partial charge on any atom is -0.370 e. The van der Waals surface area contributed by atoms with E-state index < -0.39 is 5.66 Å². The quantitative estimate of drug-likeness (QED) is 0.364. The number of carbonyl (C=O) groups is 2. The molecule has 1 aromatic heterocycles. The SMILES string of the molecule is BC1(B)C(/C(C)=C2/C(=O)NC3(CCCCC3)N2C=O)=C(C)Nc2cc(NCC3CC3)ncc21. The van der Waals surface area contributed by atoms with Crippen molar-refractivity contribution in [2.24, 2.45) is 5.92 Å². The van der Waals surface area contributed by atoms with E-state index in [1.54, 1.807) is 4.90 Å². The van der Waals surface area contributed by atoms with Gasteiger partial charge in [-0.25, -0.2) is 4.98 Å². The van der Waals surface area contributed by atoms with E-state index >= 15 is 0 Å². The molecular formula is C24H33B2N5O2. The highest BCUT2D eigenvalue weighted by Crippen LogP contribution is 2.45. The van der Waals surface area contributed by atoms with Gasteiger partial charge < -0.3 is 16.0 Å². The first kappa shape index (κ1) is 22.1. The van der Waals surface area contributed by atoms with Crippen LogP contribution in [0.2, 0.25) is 0 Å². The monoisotopic (exact) mass is 445 g/mol. The lowest BCUT2D eigenvalue weighted by atomic mass is 9.45. The minimum atomic E-state index is -0.573. The molecule has 7 nitrogen and oxygen atoms in total. The zero-order valence-corrected chi connectivity index (χ0v) is 20.2. The molecule has 3 fully saturated rings. The fraction of sp³-hybridized carbons (Fsp3) is 0.542. The normalized spacial score (nSPS) is 24.8. The van der Waals surface area contributed by atoms with E-state index in [2.05, 4.69) is 49.6 Å². The summed E-state index contributed by atoms with van der Waals surface area (Å²) in [5.41, 5.74) is 4.92. The number of amides is 2. The van der Waals surface area contributed by atoms with Crippen LogP contribution in [0.3, 0.4) is 0 Å². The summed E-state index contributed by atoms with van der Waals surface area (Å²) in [6.07, 6.45) is 10.2. The van der Waals surface area contributed by atoms with Gasteiger partial charge in [0.25, 0.3) is 5.91 Å². The summed E-state index contributed by atoms with van der Waals surface area (Å²) in [5, 5.41) is 9.81. The van der Waals surface area contributed by atoms with Crippen molar-refractivity contribution in [1.29, 1.82) is 0 Å². The number of anilines is 2. The van der Waals surface area contributed by atoms with E-state index in [0.29, 0.717) is 5.70 Å². The maximum atomic E-state index is 13.2. The lowest BCUT2D eigenvalue weighted by Crippen LogP contribution is -2.52. The van der Waals surface area contributed by atoms with Crippen LogP contribution in [0.25, 0.3) is 0 Å². The van der Waals surface area contributed by atoms with Crippen LogP contribution in [-0.2, 0) is 14.8 Å². The Morgan fingerprint density at radius 3 is 2.70 bits per heavy atom. The molecule has 172 valence electrons. The van der Waals surface area contributed by atoms with E-state index in [0.717, 1.165) is 84.9 Å². The summed E-state index contributed by atoms with van der Waals surface area (Å²) in [4.78, 5) is 31.8. The van der Waals surface area contributed by atoms with Gasteiger partial charge in [0.15, 0.2) is 0 Å². The second-order valence-electron chi connectivity index (χ2n) is 10.7. The molecule has 9 heteroatoms. The molecular weight excluding hydrogens is 412 g/mol. The maximum Gasteiger partial charge on any atom is 0.270 e. The first-order chi connectivity index (χ1) is 15.8. The van der Waals surface area contributed by atoms with Gasteiger partial charge in [0.1, 0.15) is 32.9 Å². The largest absolute Gasteiger partial charge is 0.370 e. The molecule has 1 saturated heterocycles. The third kappa shape index (κ3) is 3.65. The Morgan fingerprint density at radius 2 is 2.03 bits per heavy atom. The molecule has 3 N–H and O–H groups in total. The molecule has 5 rings (SSSR count). The van der Waals surface area contributed by atoms with Crippen molar-refractivity contribution < 1.29 is 9.59 Å². The van der Waals surface area contributed by atoms with Crippen molar-refractivity contribution in [3.05, 3.63) is 40.4 Å². The molecule has 0 bridgehead atoms. The molecule has 0 atom stereocenters. The van der Waals surface area contributed by atoms with Crippen LogP contribution in [0.15, 0.2) is 34.8 Å². The fourth-order valence-corrected chi connectivity index (χ4v) is 6.12. The first-order valence-corrected chi connectivity index (χ1v) is 12.3. The van der Waals surface area contributed by atoms with Gasteiger partial charge >= 0.3 is 0 Å². The molecule has 4 aliphatic rings. The van der Waals surface area contributed by atoms with Gasteiger partial charge in [-0.1, -0.05) is 6.42 Å². The van der Waals surface area contributed by atoms with Gasteiger partial charge in [-0.05, 0) is 80.2 Å². The lowest BCUT2D eigenvalue weighted by molar-refractivity contribution is -0.121. The molecule has 3 heterocycles. The van der Waals surface area contributed by atoms with E-state index in [-0.39, 0.29) is 11.1 Å². The highest BCUT2D eigenvalue weighted by Gasteiger charge is 2.49. The first-order valence-electron chi connectivity index (χ1n) is 12.3. The zero-order valence-electron chi connectivity index (χ0n) is 20.2. The van der Waals surface area contributed by atoms with Crippen molar-refractivity contribution in [3.8, 4) is 0 Å². The molecule has 0 radical (unpaired) electrons. The Balaban J connectivity index is 1.52. The molecule has 33 heavy (non-hydrogen) atoms. The third-order valence-corrected chi connectivity index (χ3v) is 7.95. The number of pyridine rings is 1. The molecule has 0 unspecified atom stereocenters. The van der Waals surface area contributed by atoms with Gasteiger partial charge in [-0.15, -0.1) is 0 Å². The summed E-state index contributed by atoms with van der Waals surface area (Å²) >= 11 is 0. The van der Waals surface area contributed by atoms with Crippen molar-refractivity contribution >= 4 is 39.5 Å². The summed E-state index contributed by atoms with van der Waals surface area (Å²) in [6, 6.07) is 2.08. The van der Waals surface area contributed by atoms with Crippen LogP contribution in [0.4, 0.5) is 11.5 Å². The molecule has 1 aromatic rings. The summed E-state index contributed by atoms with van der Waals surface area (Å²) in [5.74, 6) is 1.51. The Hall–Kier alpha value is -2.70. The number of fused-ring (bicyclic) bond motifs is 1. The second kappa shape index (κ2) is 7.96. The minimum absolute atomic E-state index is 0.152. The van der Waals surface area contributed by atoms with Gasteiger partial charge in [0, 0.05) is 30.2 Å². The van der Waals surface area contributed by atoms with Crippen molar-refractivity contribution in [3.63, 3.8) is 0 Å². The van der Waals surface area contributed by atoms with Crippen LogP contribution in [-0.4, -0.2) is 50.1 Å². The number of aromatic nitrogens is 1. The summed E-state index contributed by atoms with van der Waals surface area (Å²) in [6.45, 7) is 4.99. The number of hydrogen-bond donors (Lipinski definition) is 3. The average Bonchev–Trinajstić information content (AvgIpc) is 3.56. The van der Waals surface area contributed by atoms with E-state index in [1.165, 1.54) is 12.8 Å². The Labute approximate surface area is 197 Å². The summed E-state index contributed by atoms with van der Waals surface area (Å²) in [7, 11) is 4.34. The van der Waals surface area contributed by atoms with Gasteiger partial charge in [0.2, 0.25) is 6.41 Å². The second-order valence-corrected chi connectivity index (χ2v) is 10.7. The van der Waals surface area contributed by atoms with Gasteiger partial charge in [-0.2, -0.15) is 0 Å². The molecule has 1 spiro atoms. The zero-order chi connectivity index (χ0) is 23.4. The molecule has 2 saturated carbocycles. The van der Waals surface area contributed by atoms with Crippen LogP contribution < -0.4 is 16.0 Å². The number of allylic oxidation sites excluding steroid dienone is 3. The average molecular weight is 445 g/mol. The highest BCUT2D eigenvalue weighted by molar-refractivity contribution is 6.43. The molecule has 2 amide bonds. The predicted octanol–water partition coefficient (Wildman–Crippen LogP) is 1.54. The lowest BCUT2D eigenvalue weighted by Gasteiger charge is -2.40. The van der Waals surface area contributed by atoms with E-state index in [9.17, 15) is 9.59 Å². The van der Waals surface area contributed by atoms with E-state index in [1.807, 2.05) is 13.1 Å². The standard InChI is InChI=1S/C24H33B2N5O2/c1-14(21-22(33)30-23(31(21)13-32)8-4-3-5-9-23)20-15(2)29-18-10-19(27-11-16-6-7-16)28-12-17(18)24(20,25)26/h10,12-13,16,29H,3-9,11,25-26H2,1-2H3,(H,27,28)(H,30,33)/b21-14-. The van der Waals surface area contributed by atoms with Crippen LogP contribution >= 0.6 is 0 Å². The third-order valence-electron chi connectivity index (χ3n) is 7.95. The van der Waals surface area contributed by atoms with Gasteiger partial charge in [0.05, 0.1) is 0 Å². The number of hydrogen-bond acceptors (Lipinski definition) is 5. The van der Waals surface area contributed by atoms with Crippen LogP contribution in [0.1, 0.15) is 64.4 Å². The fourth-order valence-electron chi connectivity index (χ4n) is 6.12. The number of nitrogens with zero attached hydrogens (tertiary/aromatic N) is 2. The predicted molar refractivity (Wildman–Crippen MR) is 135 cm³/mol. The number of carbonyl (C=O) groups excluding carboxylic acids is 2. The maximum absolute atomic E-state index is 13.2.